The lowest BCUT2D eigenvalue weighted by Gasteiger charge is -2.07. The van der Waals surface area contributed by atoms with Crippen molar-refractivity contribution in [2.24, 2.45) is 7.05 Å². The van der Waals surface area contributed by atoms with Gasteiger partial charge in [0.15, 0.2) is 0 Å². The van der Waals surface area contributed by atoms with Gasteiger partial charge in [0.05, 0.1) is 12.0 Å². The second kappa shape index (κ2) is 5.52. The molecule has 4 heteroatoms. The predicted molar refractivity (Wildman–Crippen MR) is 73.3 cm³/mol. The summed E-state index contributed by atoms with van der Waals surface area (Å²) in [6, 6.07) is 9.89. The fourth-order valence-electron chi connectivity index (χ4n) is 1.81. The van der Waals surface area contributed by atoms with Crippen molar-refractivity contribution in [2.45, 2.75) is 13.5 Å². The van der Waals surface area contributed by atoms with Crippen molar-refractivity contribution < 1.29 is 9.53 Å². The molecule has 2 aromatic rings. The third-order valence-corrected chi connectivity index (χ3v) is 2.75. The Labute approximate surface area is 112 Å². The van der Waals surface area contributed by atoms with E-state index in [9.17, 15) is 4.79 Å². The summed E-state index contributed by atoms with van der Waals surface area (Å²) in [5.74, 6) is -0.398. The highest BCUT2D eigenvalue weighted by Crippen LogP contribution is 2.22. The summed E-state index contributed by atoms with van der Waals surface area (Å²) in [5.41, 5.74) is 3.12. The van der Waals surface area contributed by atoms with E-state index in [1.807, 2.05) is 41.9 Å². The van der Waals surface area contributed by atoms with Gasteiger partial charge in [-0.15, -0.1) is 0 Å². The topological polar surface area (TPSA) is 44.1 Å². The number of benzene rings is 1. The molecule has 1 aromatic carbocycles. The maximum atomic E-state index is 11.4. The Morgan fingerprint density at radius 1 is 1.37 bits per heavy atom. The highest BCUT2D eigenvalue weighted by molar-refractivity contribution is 5.86. The van der Waals surface area contributed by atoms with E-state index in [1.165, 1.54) is 0 Å². The summed E-state index contributed by atoms with van der Waals surface area (Å²) < 4.78 is 7.07. The molecular weight excluding hydrogens is 240 g/mol. The van der Waals surface area contributed by atoms with E-state index in [1.54, 1.807) is 13.3 Å². The first-order valence-corrected chi connectivity index (χ1v) is 5.98. The molecule has 2 rings (SSSR count). The van der Waals surface area contributed by atoms with Crippen molar-refractivity contribution in [2.75, 3.05) is 0 Å². The van der Waals surface area contributed by atoms with Crippen molar-refractivity contribution >= 4 is 5.97 Å². The van der Waals surface area contributed by atoms with E-state index in [-0.39, 0.29) is 6.61 Å². The van der Waals surface area contributed by atoms with Gasteiger partial charge in [-0.2, -0.15) is 0 Å². The zero-order valence-electron chi connectivity index (χ0n) is 11.1. The lowest BCUT2D eigenvalue weighted by atomic mass is 10.1. The molecule has 1 aromatic heterocycles. The van der Waals surface area contributed by atoms with Crippen LogP contribution < -0.4 is 0 Å². The third-order valence-electron chi connectivity index (χ3n) is 2.75. The SMILES string of the molecule is C=C(C)C(=O)OCc1ncn(C)c1-c1ccccc1. The predicted octanol–water partition coefficient (Wildman–Crippen LogP) is 2.71. The highest BCUT2D eigenvalue weighted by Gasteiger charge is 2.13. The second-order valence-corrected chi connectivity index (χ2v) is 4.37. The number of ether oxygens (including phenoxy) is 1. The van der Waals surface area contributed by atoms with Crippen LogP contribution in [0.15, 0.2) is 48.8 Å². The Morgan fingerprint density at radius 3 is 2.68 bits per heavy atom. The molecule has 0 atom stereocenters. The molecular formula is C15H16N2O2. The molecule has 0 spiro atoms. The van der Waals surface area contributed by atoms with Crippen LogP contribution in [-0.4, -0.2) is 15.5 Å². The normalized spacial score (nSPS) is 10.2. The van der Waals surface area contributed by atoms with E-state index < -0.39 is 5.97 Å². The number of aryl methyl sites for hydroxylation is 1. The molecule has 19 heavy (non-hydrogen) atoms. The standard InChI is InChI=1S/C15H16N2O2/c1-11(2)15(18)19-9-13-14(17(3)10-16-13)12-7-5-4-6-8-12/h4-8,10H,1,9H2,2-3H3. The third kappa shape index (κ3) is 2.91. The van der Waals surface area contributed by atoms with Gasteiger partial charge in [-0.05, 0) is 6.92 Å². The fourth-order valence-corrected chi connectivity index (χ4v) is 1.81. The van der Waals surface area contributed by atoms with Crippen LogP contribution >= 0.6 is 0 Å². The number of carbonyl (C=O) groups excluding carboxylic acids is 1. The van der Waals surface area contributed by atoms with Crippen molar-refractivity contribution in [3.63, 3.8) is 0 Å². The molecule has 1 heterocycles. The molecule has 98 valence electrons. The first kappa shape index (κ1) is 13.1. The summed E-state index contributed by atoms with van der Waals surface area (Å²) in [5, 5.41) is 0. The zero-order chi connectivity index (χ0) is 13.8. The maximum absolute atomic E-state index is 11.4. The molecule has 0 fully saturated rings. The second-order valence-electron chi connectivity index (χ2n) is 4.37. The van der Waals surface area contributed by atoms with E-state index >= 15 is 0 Å². The van der Waals surface area contributed by atoms with E-state index in [4.69, 9.17) is 4.74 Å². The number of hydrogen-bond donors (Lipinski definition) is 0. The monoisotopic (exact) mass is 256 g/mol. The van der Waals surface area contributed by atoms with Crippen LogP contribution in [0.25, 0.3) is 11.3 Å². The lowest BCUT2D eigenvalue weighted by molar-refractivity contribution is -0.140. The number of hydrogen-bond acceptors (Lipinski definition) is 3. The summed E-state index contributed by atoms with van der Waals surface area (Å²) in [7, 11) is 1.92. The molecule has 0 amide bonds. The minimum atomic E-state index is -0.398. The molecule has 0 aliphatic rings. The van der Waals surface area contributed by atoms with Gasteiger partial charge in [-0.3, -0.25) is 0 Å². The van der Waals surface area contributed by atoms with Gasteiger partial charge in [0.25, 0.3) is 0 Å². The molecule has 0 saturated heterocycles. The van der Waals surface area contributed by atoms with Gasteiger partial charge in [-0.25, -0.2) is 9.78 Å². The molecule has 0 aliphatic carbocycles. The highest BCUT2D eigenvalue weighted by atomic mass is 16.5. The van der Waals surface area contributed by atoms with Gasteiger partial charge < -0.3 is 9.30 Å². The zero-order valence-corrected chi connectivity index (χ0v) is 11.1. The Morgan fingerprint density at radius 2 is 2.05 bits per heavy atom. The van der Waals surface area contributed by atoms with Gasteiger partial charge in [0, 0.05) is 18.2 Å². The number of esters is 1. The molecule has 0 N–H and O–H groups in total. The van der Waals surface area contributed by atoms with Gasteiger partial charge in [-0.1, -0.05) is 36.9 Å². The van der Waals surface area contributed by atoms with Crippen molar-refractivity contribution in [1.82, 2.24) is 9.55 Å². The average Bonchev–Trinajstić information content (AvgIpc) is 2.78. The largest absolute Gasteiger partial charge is 0.456 e. The molecule has 0 saturated carbocycles. The van der Waals surface area contributed by atoms with Crippen molar-refractivity contribution in [3.05, 3.63) is 54.5 Å². The molecule has 0 radical (unpaired) electrons. The number of nitrogens with zero attached hydrogens (tertiary/aromatic N) is 2. The van der Waals surface area contributed by atoms with Crippen molar-refractivity contribution in [3.8, 4) is 11.3 Å². The van der Waals surface area contributed by atoms with Crippen LogP contribution in [0.3, 0.4) is 0 Å². The van der Waals surface area contributed by atoms with Crippen LogP contribution in [0.4, 0.5) is 0 Å². The van der Waals surface area contributed by atoms with E-state index in [0.29, 0.717) is 5.57 Å². The summed E-state index contributed by atoms with van der Waals surface area (Å²) in [6.45, 7) is 5.33. The van der Waals surface area contributed by atoms with Crippen LogP contribution in [0.1, 0.15) is 12.6 Å². The number of rotatable bonds is 4. The Balaban J connectivity index is 2.24. The summed E-state index contributed by atoms with van der Waals surface area (Å²) >= 11 is 0. The Kier molecular flexibility index (Phi) is 3.80. The van der Waals surface area contributed by atoms with E-state index in [0.717, 1.165) is 17.0 Å². The number of aromatic nitrogens is 2. The fraction of sp³-hybridized carbons (Fsp3) is 0.200. The quantitative estimate of drug-likeness (QED) is 0.624. The first-order valence-electron chi connectivity index (χ1n) is 5.98. The minimum absolute atomic E-state index is 0.150. The Hall–Kier alpha value is -2.36. The maximum Gasteiger partial charge on any atom is 0.333 e. The number of carbonyl (C=O) groups is 1. The molecule has 0 unspecified atom stereocenters. The summed E-state index contributed by atoms with van der Waals surface area (Å²) in [6.07, 6.45) is 1.71. The summed E-state index contributed by atoms with van der Waals surface area (Å²) in [4.78, 5) is 15.7. The number of imidazole rings is 1. The van der Waals surface area contributed by atoms with E-state index in [2.05, 4.69) is 11.6 Å². The van der Waals surface area contributed by atoms with Crippen LogP contribution in [0.2, 0.25) is 0 Å². The Bertz CT molecular complexity index is 600. The van der Waals surface area contributed by atoms with Gasteiger partial charge in [0.2, 0.25) is 0 Å². The van der Waals surface area contributed by atoms with Crippen molar-refractivity contribution in [1.29, 1.82) is 0 Å². The van der Waals surface area contributed by atoms with Crippen LogP contribution in [0, 0.1) is 0 Å². The lowest BCUT2D eigenvalue weighted by Crippen LogP contribution is -2.06. The van der Waals surface area contributed by atoms with Gasteiger partial charge in [0.1, 0.15) is 12.3 Å². The molecule has 4 nitrogen and oxygen atoms in total. The van der Waals surface area contributed by atoms with Crippen LogP contribution in [0.5, 0.6) is 0 Å². The smallest absolute Gasteiger partial charge is 0.333 e. The minimum Gasteiger partial charge on any atom is -0.456 e. The van der Waals surface area contributed by atoms with Gasteiger partial charge >= 0.3 is 5.97 Å². The first-order chi connectivity index (χ1) is 9.09. The molecule has 0 aliphatic heterocycles. The average molecular weight is 256 g/mol. The van der Waals surface area contributed by atoms with Crippen LogP contribution in [-0.2, 0) is 23.2 Å². The molecule has 0 bridgehead atoms.